The zero-order chi connectivity index (χ0) is 16.0. The molecule has 0 spiro atoms. The lowest BCUT2D eigenvalue weighted by molar-refractivity contribution is -0.208. The molecule has 2 rings (SSSR count). The molecule has 9 heteroatoms. The summed E-state index contributed by atoms with van der Waals surface area (Å²) in [5, 5.41) is 0. The summed E-state index contributed by atoms with van der Waals surface area (Å²) in [5.74, 6) is 0. The van der Waals surface area contributed by atoms with E-state index < -0.39 is 35.8 Å². The van der Waals surface area contributed by atoms with Crippen LogP contribution in [-0.2, 0) is 17.3 Å². The molecular weight excluding hydrogens is 289 g/mol. The average molecular weight is 304 g/mol. The highest BCUT2D eigenvalue weighted by molar-refractivity contribution is 5.73. The van der Waals surface area contributed by atoms with Crippen molar-refractivity contribution in [3.8, 4) is 0 Å². The van der Waals surface area contributed by atoms with Gasteiger partial charge >= 0.3 is 6.18 Å². The number of alkyl halides is 3. The zero-order valence-corrected chi connectivity index (χ0v) is 11.4. The van der Waals surface area contributed by atoms with Gasteiger partial charge in [-0.15, -0.1) is 0 Å². The lowest BCUT2D eigenvalue weighted by Crippen LogP contribution is -2.47. The van der Waals surface area contributed by atoms with Crippen molar-refractivity contribution in [1.82, 2.24) is 4.57 Å². The highest BCUT2D eigenvalue weighted by Gasteiger charge is 2.50. The van der Waals surface area contributed by atoms with Gasteiger partial charge < -0.3 is 20.8 Å². The van der Waals surface area contributed by atoms with Crippen molar-refractivity contribution in [2.24, 2.45) is 17.8 Å². The van der Waals surface area contributed by atoms with Crippen molar-refractivity contribution in [1.29, 1.82) is 0 Å². The van der Waals surface area contributed by atoms with Gasteiger partial charge in [0.1, 0.15) is 0 Å². The minimum absolute atomic E-state index is 0.0468. The molecule has 1 aliphatic rings. The van der Waals surface area contributed by atoms with E-state index in [4.69, 9.17) is 11.5 Å². The van der Waals surface area contributed by atoms with E-state index in [0.717, 1.165) is 0 Å². The van der Waals surface area contributed by atoms with Crippen molar-refractivity contribution in [2.45, 2.75) is 31.2 Å². The second-order valence-corrected chi connectivity index (χ2v) is 5.18. The number of halogens is 3. The number of amidine groups is 1. The van der Waals surface area contributed by atoms with Gasteiger partial charge in [0.25, 0.3) is 11.6 Å². The summed E-state index contributed by atoms with van der Waals surface area (Å²) < 4.78 is 44.4. The molecule has 0 saturated heterocycles. The van der Waals surface area contributed by atoms with E-state index in [9.17, 15) is 18.0 Å². The number of ether oxygens (including phenoxy) is 1. The first kappa shape index (κ1) is 15.2. The van der Waals surface area contributed by atoms with Crippen LogP contribution in [0.4, 0.5) is 18.9 Å². The van der Waals surface area contributed by atoms with Gasteiger partial charge in [0.2, 0.25) is 0 Å². The zero-order valence-electron chi connectivity index (χ0n) is 11.4. The maximum absolute atomic E-state index is 12.9. The van der Waals surface area contributed by atoms with Crippen LogP contribution >= 0.6 is 0 Å². The third kappa shape index (κ3) is 2.81. The van der Waals surface area contributed by atoms with Gasteiger partial charge in [0.15, 0.2) is 6.10 Å². The molecule has 0 amide bonds. The second-order valence-electron chi connectivity index (χ2n) is 5.18. The molecule has 0 fully saturated rings. The van der Waals surface area contributed by atoms with Crippen molar-refractivity contribution in [3.05, 3.63) is 28.2 Å². The van der Waals surface area contributed by atoms with Gasteiger partial charge in [-0.1, -0.05) is 0 Å². The Labute approximate surface area is 118 Å². The Kier molecular flexibility index (Phi) is 3.38. The highest BCUT2D eigenvalue weighted by Crippen LogP contribution is 2.38. The third-order valence-electron chi connectivity index (χ3n) is 3.35. The van der Waals surface area contributed by atoms with Crippen LogP contribution in [0.15, 0.2) is 22.1 Å². The van der Waals surface area contributed by atoms with Gasteiger partial charge in [0.05, 0.1) is 5.54 Å². The van der Waals surface area contributed by atoms with Crippen molar-refractivity contribution < 1.29 is 17.9 Å². The second kappa shape index (κ2) is 4.68. The number of rotatable bonds is 1. The topological polar surface area (TPSA) is 95.6 Å². The highest BCUT2D eigenvalue weighted by atomic mass is 19.4. The fourth-order valence-electron chi connectivity index (χ4n) is 2.34. The maximum atomic E-state index is 12.9. The molecule has 0 aliphatic carbocycles. The Morgan fingerprint density at radius 3 is 2.67 bits per heavy atom. The lowest BCUT2D eigenvalue weighted by atomic mass is 9.86. The Balaban J connectivity index is 2.56. The summed E-state index contributed by atoms with van der Waals surface area (Å²) in [6.07, 6.45) is -5.89. The average Bonchev–Trinajstić information content (AvgIpc) is 2.31. The molecule has 0 radical (unpaired) electrons. The van der Waals surface area contributed by atoms with Crippen LogP contribution in [-0.4, -0.2) is 22.9 Å². The predicted molar refractivity (Wildman–Crippen MR) is 70.6 cm³/mol. The van der Waals surface area contributed by atoms with Crippen LogP contribution < -0.4 is 17.0 Å². The van der Waals surface area contributed by atoms with Crippen LogP contribution in [0.1, 0.15) is 18.9 Å². The van der Waals surface area contributed by atoms with E-state index in [1.807, 2.05) is 0 Å². The predicted octanol–water partition coefficient (Wildman–Crippen LogP) is 0.849. The third-order valence-corrected chi connectivity index (χ3v) is 3.35. The fraction of sp³-hybridized carbons (Fsp3) is 0.500. The Bertz CT molecular complexity index is 653. The molecule has 1 aromatic rings. The molecule has 6 nitrogen and oxygen atoms in total. The van der Waals surface area contributed by atoms with E-state index in [0.29, 0.717) is 0 Å². The standard InChI is InChI=1S/C12H15F3N4O2/c1-11(7-3-6(16)5-19(2)9(7)20)4-8(12(13,14)15)21-10(17)18-11/h3,5,8H,4,16H2,1-2H3,(H2,17,18)/t8-,11+/m0/s1. The molecule has 0 aromatic carbocycles. The van der Waals surface area contributed by atoms with Crippen molar-refractivity contribution >= 4 is 11.7 Å². The lowest BCUT2D eigenvalue weighted by Gasteiger charge is -2.35. The Morgan fingerprint density at radius 2 is 2.10 bits per heavy atom. The molecule has 21 heavy (non-hydrogen) atoms. The van der Waals surface area contributed by atoms with E-state index in [1.165, 1.54) is 30.8 Å². The number of hydrogen-bond acceptors (Lipinski definition) is 5. The molecule has 0 unspecified atom stereocenters. The van der Waals surface area contributed by atoms with Crippen LogP contribution in [0.3, 0.4) is 0 Å². The number of aliphatic imine (C=N–C) groups is 1. The van der Waals surface area contributed by atoms with Gasteiger partial charge in [-0.05, 0) is 13.0 Å². The molecule has 1 aliphatic heterocycles. The molecule has 1 aromatic heterocycles. The van der Waals surface area contributed by atoms with Crippen molar-refractivity contribution in [2.75, 3.05) is 5.73 Å². The number of nitrogens with two attached hydrogens (primary N) is 2. The van der Waals surface area contributed by atoms with Gasteiger partial charge in [0, 0.05) is 30.9 Å². The van der Waals surface area contributed by atoms with E-state index in [1.54, 1.807) is 0 Å². The first-order valence-electron chi connectivity index (χ1n) is 6.08. The Morgan fingerprint density at radius 1 is 1.48 bits per heavy atom. The Hall–Kier alpha value is -2.19. The summed E-state index contributed by atoms with van der Waals surface area (Å²) in [5.41, 5.74) is 9.37. The van der Waals surface area contributed by atoms with Gasteiger partial charge in [-0.25, -0.2) is 4.99 Å². The summed E-state index contributed by atoms with van der Waals surface area (Å²) in [7, 11) is 1.46. The number of nitrogens with zero attached hydrogens (tertiary/aromatic N) is 2. The summed E-state index contributed by atoms with van der Waals surface area (Å²) >= 11 is 0. The van der Waals surface area contributed by atoms with Gasteiger partial charge in [-0.3, -0.25) is 4.79 Å². The van der Waals surface area contributed by atoms with E-state index in [-0.39, 0.29) is 11.3 Å². The van der Waals surface area contributed by atoms with Crippen LogP contribution in [0.2, 0.25) is 0 Å². The van der Waals surface area contributed by atoms with Crippen LogP contribution in [0.5, 0.6) is 0 Å². The summed E-state index contributed by atoms with van der Waals surface area (Å²) in [4.78, 5) is 16.1. The quantitative estimate of drug-likeness (QED) is 0.804. The SMILES string of the molecule is Cn1cc(N)cc([C@@]2(C)C[C@@H](C(F)(F)F)OC(N)=N2)c1=O. The molecule has 0 saturated carbocycles. The number of aryl methyl sites for hydroxylation is 1. The minimum atomic E-state index is -4.60. The smallest absolute Gasteiger partial charge is 0.425 e. The molecule has 2 heterocycles. The number of pyridine rings is 1. The fourth-order valence-corrected chi connectivity index (χ4v) is 2.34. The molecular formula is C12H15F3N4O2. The molecule has 116 valence electrons. The monoisotopic (exact) mass is 304 g/mol. The number of anilines is 1. The van der Waals surface area contributed by atoms with E-state index >= 15 is 0 Å². The number of nitrogen functional groups attached to an aromatic ring is 1. The normalized spacial score (nSPS) is 26.1. The van der Waals surface area contributed by atoms with Crippen LogP contribution in [0, 0.1) is 0 Å². The minimum Gasteiger partial charge on any atom is -0.452 e. The summed E-state index contributed by atoms with van der Waals surface area (Å²) in [6, 6.07) is 0.716. The number of aromatic nitrogens is 1. The molecule has 0 bridgehead atoms. The number of hydrogen-bond donors (Lipinski definition) is 2. The first-order chi connectivity index (χ1) is 9.53. The largest absolute Gasteiger partial charge is 0.452 e. The maximum Gasteiger partial charge on any atom is 0.425 e. The van der Waals surface area contributed by atoms with Crippen molar-refractivity contribution in [3.63, 3.8) is 0 Å². The summed E-state index contributed by atoms with van der Waals surface area (Å²) in [6.45, 7) is 1.40. The van der Waals surface area contributed by atoms with Gasteiger partial charge in [-0.2, -0.15) is 13.2 Å². The van der Waals surface area contributed by atoms with E-state index in [2.05, 4.69) is 9.73 Å². The molecule has 2 atom stereocenters. The first-order valence-corrected chi connectivity index (χ1v) is 6.08. The molecule has 4 N–H and O–H groups in total. The van der Waals surface area contributed by atoms with Crippen LogP contribution in [0.25, 0.3) is 0 Å².